The van der Waals surface area contributed by atoms with Crippen LogP contribution in [0.1, 0.15) is 23.1 Å². The number of amides is 2. The van der Waals surface area contributed by atoms with Gasteiger partial charge in [-0.1, -0.05) is 104 Å². The van der Waals surface area contributed by atoms with Crippen molar-refractivity contribution in [2.75, 3.05) is 33.3 Å². The van der Waals surface area contributed by atoms with Crippen molar-refractivity contribution in [1.29, 1.82) is 0 Å². The molecule has 0 aliphatic carbocycles. The van der Waals surface area contributed by atoms with E-state index in [2.05, 4.69) is 58.9 Å². The molecule has 0 saturated carbocycles. The van der Waals surface area contributed by atoms with E-state index in [1.54, 1.807) is 23.7 Å². The third-order valence-electron chi connectivity index (χ3n) is 6.95. The third-order valence-corrected chi connectivity index (χ3v) is 9.03. The van der Waals surface area contributed by atoms with E-state index in [9.17, 15) is 9.59 Å². The van der Waals surface area contributed by atoms with Crippen LogP contribution >= 0.6 is 24.0 Å². The zero-order chi connectivity index (χ0) is 29.1. The standard InChI is InChI=1S/C32H36N4O3S2/c1-3-21-39-31(38)36-23-27(22-28(36)29(37)34-19-20-35-30(40)33-2)41-32(24-13-7-4-8-14-24,25-15-9-5-10-16-25)26-17-11-6-12-18-26/h3-18,27-28H,1,19-23H2,2H3,(H,34,37)(H2,33,35,40)/t27-,28-/m0/s1. The van der Waals surface area contributed by atoms with Gasteiger partial charge in [-0.25, -0.2) is 4.79 Å². The molecule has 2 atom stereocenters. The number of nitrogens with one attached hydrogen (secondary N) is 3. The van der Waals surface area contributed by atoms with Gasteiger partial charge in [-0.3, -0.25) is 9.69 Å². The molecule has 0 bridgehead atoms. The molecule has 9 heteroatoms. The van der Waals surface area contributed by atoms with Crippen LogP contribution in [0, 0.1) is 0 Å². The van der Waals surface area contributed by atoms with E-state index in [0.717, 1.165) is 16.7 Å². The molecule has 1 fully saturated rings. The summed E-state index contributed by atoms with van der Waals surface area (Å²) in [6.07, 6.45) is 1.49. The van der Waals surface area contributed by atoms with Gasteiger partial charge in [0.2, 0.25) is 5.91 Å². The largest absolute Gasteiger partial charge is 0.445 e. The number of thioether (sulfide) groups is 1. The minimum absolute atomic E-state index is 0.0577. The number of carbonyl (C=O) groups is 2. The monoisotopic (exact) mass is 588 g/mol. The summed E-state index contributed by atoms with van der Waals surface area (Å²) in [7, 11) is 1.73. The maximum Gasteiger partial charge on any atom is 0.410 e. The molecule has 1 saturated heterocycles. The van der Waals surface area contributed by atoms with E-state index in [4.69, 9.17) is 17.0 Å². The van der Waals surface area contributed by atoms with Crippen LogP contribution in [0.3, 0.4) is 0 Å². The van der Waals surface area contributed by atoms with Crippen LogP contribution in [0.4, 0.5) is 4.79 Å². The molecule has 0 aromatic heterocycles. The highest BCUT2D eigenvalue weighted by molar-refractivity contribution is 8.01. The lowest BCUT2D eigenvalue weighted by molar-refractivity contribution is -0.125. The Hall–Kier alpha value is -3.82. The van der Waals surface area contributed by atoms with Gasteiger partial charge in [0.1, 0.15) is 12.6 Å². The number of ether oxygens (including phenoxy) is 1. The Morgan fingerprint density at radius 2 is 1.46 bits per heavy atom. The van der Waals surface area contributed by atoms with Crippen LogP contribution in [-0.4, -0.2) is 66.6 Å². The first-order chi connectivity index (χ1) is 20.0. The highest BCUT2D eigenvalue weighted by Crippen LogP contribution is 2.52. The van der Waals surface area contributed by atoms with Gasteiger partial charge in [-0.2, -0.15) is 0 Å². The molecule has 2 amide bonds. The average Bonchev–Trinajstić information content (AvgIpc) is 3.46. The Morgan fingerprint density at radius 3 is 1.95 bits per heavy atom. The molecule has 4 rings (SSSR count). The van der Waals surface area contributed by atoms with Crippen LogP contribution in [0.25, 0.3) is 0 Å². The average molecular weight is 589 g/mol. The minimum Gasteiger partial charge on any atom is -0.445 e. The number of hydrogen-bond donors (Lipinski definition) is 3. The molecule has 3 aromatic carbocycles. The first kappa shape index (κ1) is 30.1. The fourth-order valence-electron chi connectivity index (χ4n) is 5.09. The Morgan fingerprint density at radius 1 is 0.951 bits per heavy atom. The summed E-state index contributed by atoms with van der Waals surface area (Å²) in [4.78, 5) is 28.1. The smallest absolute Gasteiger partial charge is 0.410 e. The molecular weight excluding hydrogens is 553 g/mol. The van der Waals surface area contributed by atoms with E-state index < -0.39 is 16.9 Å². The SMILES string of the molecule is C=CCOC(=O)N1C[C@@H](SC(c2ccccc2)(c2ccccc2)c2ccccc2)C[C@H]1C(=O)NCCNC(=S)NC. The summed E-state index contributed by atoms with van der Waals surface area (Å²) in [5.74, 6) is -0.217. The maximum atomic E-state index is 13.4. The van der Waals surface area contributed by atoms with Crippen molar-refractivity contribution in [2.24, 2.45) is 0 Å². The second-order valence-electron chi connectivity index (χ2n) is 9.59. The molecule has 41 heavy (non-hydrogen) atoms. The third kappa shape index (κ3) is 7.28. The predicted molar refractivity (Wildman–Crippen MR) is 170 cm³/mol. The summed E-state index contributed by atoms with van der Waals surface area (Å²) in [5.41, 5.74) is 3.38. The molecule has 0 spiro atoms. The Labute approximate surface area is 251 Å². The lowest BCUT2D eigenvalue weighted by atomic mass is 9.84. The van der Waals surface area contributed by atoms with Crippen molar-refractivity contribution in [3.63, 3.8) is 0 Å². The molecule has 1 heterocycles. The normalized spacial score (nSPS) is 16.5. The molecule has 0 unspecified atom stereocenters. The molecule has 7 nitrogen and oxygen atoms in total. The number of carbonyl (C=O) groups excluding carboxylic acids is 2. The lowest BCUT2D eigenvalue weighted by Gasteiger charge is -2.37. The summed E-state index contributed by atoms with van der Waals surface area (Å²) >= 11 is 6.88. The zero-order valence-electron chi connectivity index (χ0n) is 23.1. The fraction of sp³-hybridized carbons (Fsp3) is 0.281. The minimum atomic E-state index is -0.666. The van der Waals surface area contributed by atoms with Crippen LogP contribution in [0.5, 0.6) is 0 Å². The van der Waals surface area contributed by atoms with Gasteiger partial charge in [-0.15, -0.1) is 11.8 Å². The number of nitrogens with zero attached hydrogens (tertiary/aromatic N) is 1. The number of benzene rings is 3. The van der Waals surface area contributed by atoms with Gasteiger partial charge in [0.15, 0.2) is 5.11 Å². The summed E-state index contributed by atoms with van der Waals surface area (Å²) in [6, 6.07) is 30.5. The summed E-state index contributed by atoms with van der Waals surface area (Å²) in [5, 5.41) is 9.27. The van der Waals surface area contributed by atoms with E-state index >= 15 is 0 Å². The van der Waals surface area contributed by atoms with Crippen LogP contribution in [0.2, 0.25) is 0 Å². The molecule has 1 aliphatic rings. The Kier molecular flexibility index (Phi) is 10.8. The fourth-order valence-corrected chi connectivity index (χ4v) is 7.02. The van der Waals surface area contributed by atoms with Crippen molar-refractivity contribution in [3.05, 3.63) is 120 Å². The van der Waals surface area contributed by atoms with Crippen molar-refractivity contribution in [1.82, 2.24) is 20.9 Å². The first-order valence-corrected chi connectivity index (χ1v) is 14.9. The van der Waals surface area contributed by atoms with E-state index in [1.165, 1.54) is 6.08 Å². The lowest BCUT2D eigenvalue weighted by Crippen LogP contribution is -2.48. The Bertz CT molecular complexity index is 1210. The van der Waals surface area contributed by atoms with Gasteiger partial charge < -0.3 is 20.7 Å². The van der Waals surface area contributed by atoms with Gasteiger partial charge in [0.25, 0.3) is 0 Å². The molecule has 3 N–H and O–H groups in total. The number of rotatable bonds is 11. The van der Waals surface area contributed by atoms with Gasteiger partial charge in [-0.05, 0) is 35.3 Å². The molecule has 214 valence electrons. The highest BCUT2D eigenvalue weighted by Gasteiger charge is 2.46. The van der Waals surface area contributed by atoms with Gasteiger partial charge >= 0.3 is 6.09 Å². The Balaban J connectivity index is 1.66. The second kappa shape index (κ2) is 14.7. The van der Waals surface area contributed by atoms with Crippen molar-refractivity contribution in [3.8, 4) is 0 Å². The van der Waals surface area contributed by atoms with Gasteiger partial charge in [0.05, 0.1) is 4.75 Å². The van der Waals surface area contributed by atoms with E-state index in [0.29, 0.717) is 31.2 Å². The molecule has 3 aromatic rings. The molecular formula is C32H36N4O3S2. The predicted octanol–water partition coefficient (Wildman–Crippen LogP) is 4.69. The van der Waals surface area contributed by atoms with Crippen molar-refractivity contribution in [2.45, 2.75) is 22.5 Å². The van der Waals surface area contributed by atoms with Crippen molar-refractivity contribution < 1.29 is 14.3 Å². The zero-order valence-corrected chi connectivity index (χ0v) is 24.8. The first-order valence-electron chi connectivity index (χ1n) is 13.6. The van der Waals surface area contributed by atoms with Crippen molar-refractivity contribution >= 4 is 41.1 Å². The topological polar surface area (TPSA) is 82.7 Å². The second-order valence-corrected chi connectivity index (χ2v) is 11.5. The quantitative estimate of drug-likeness (QED) is 0.130. The van der Waals surface area contributed by atoms with Crippen LogP contribution in [0.15, 0.2) is 104 Å². The van der Waals surface area contributed by atoms with Gasteiger partial charge in [0, 0.05) is 31.9 Å². The number of thiocarbonyl (C=S) groups is 1. The summed E-state index contributed by atoms with van der Waals surface area (Å²) in [6.45, 7) is 4.93. The van der Waals surface area contributed by atoms with Crippen LogP contribution < -0.4 is 16.0 Å². The maximum absolute atomic E-state index is 13.4. The molecule has 0 radical (unpaired) electrons. The van der Waals surface area contributed by atoms with E-state index in [-0.39, 0.29) is 17.8 Å². The summed E-state index contributed by atoms with van der Waals surface area (Å²) < 4.78 is 4.84. The van der Waals surface area contributed by atoms with E-state index in [1.807, 2.05) is 54.6 Å². The highest BCUT2D eigenvalue weighted by atomic mass is 32.2. The number of likely N-dealkylation sites (tertiary alicyclic amines) is 1. The molecule has 1 aliphatic heterocycles. The van der Waals surface area contributed by atoms with Crippen LogP contribution in [-0.2, 0) is 14.3 Å². The number of hydrogen-bond acceptors (Lipinski definition) is 5.